The van der Waals surface area contributed by atoms with Crippen molar-refractivity contribution in [2.24, 2.45) is 0 Å². The van der Waals surface area contributed by atoms with Gasteiger partial charge in [-0.15, -0.1) is 0 Å². The van der Waals surface area contributed by atoms with E-state index in [1.807, 2.05) is 54.6 Å². The lowest BCUT2D eigenvalue weighted by Crippen LogP contribution is -2.00. The van der Waals surface area contributed by atoms with E-state index in [2.05, 4.69) is 16.0 Å². The van der Waals surface area contributed by atoms with Gasteiger partial charge in [-0.1, -0.05) is 48.6 Å². The highest BCUT2D eigenvalue weighted by Gasteiger charge is 2.10. The van der Waals surface area contributed by atoms with E-state index < -0.39 is 5.97 Å². The van der Waals surface area contributed by atoms with E-state index in [9.17, 15) is 9.90 Å². The summed E-state index contributed by atoms with van der Waals surface area (Å²) in [6, 6.07) is 21.0. The third kappa shape index (κ3) is 3.50. The first-order valence-corrected chi connectivity index (χ1v) is 8.78. The topological polar surface area (TPSA) is 75.2 Å². The van der Waals surface area contributed by atoms with Gasteiger partial charge in [0, 0.05) is 5.56 Å². The summed E-state index contributed by atoms with van der Waals surface area (Å²) in [6.07, 6.45) is 3.90. The summed E-state index contributed by atoms with van der Waals surface area (Å²) < 4.78 is 5.18. The number of aromatic nitrogens is 2. The highest BCUT2D eigenvalue weighted by molar-refractivity contribution is 5.91. The molecule has 1 aromatic heterocycles. The van der Waals surface area contributed by atoms with Crippen LogP contribution in [0.1, 0.15) is 21.5 Å². The third-order valence-corrected chi connectivity index (χ3v) is 4.47. The number of carboxylic acid groups (broad SMARTS) is 1. The lowest BCUT2D eigenvalue weighted by molar-refractivity contribution is 0.0693. The molecule has 0 aliphatic carbocycles. The van der Waals surface area contributed by atoms with Crippen LogP contribution in [-0.4, -0.2) is 28.2 Å². The number of hydrogen-bond acceptors (Lipinski definition) is 3. The van der Waals surface area contributed by atoms with Crippen molar-refractivity contribution in [3.05, 3.63) is 83.4 Å². The van der Waals surface area contributed by atoms with Gasteiger partial charge in [-0.3, -0.25) is 0 Å². The van der Waals surface area contributed by atoms with Crippen molar-refractivity contribution in [2.45, 2.75) is 0 Å². The van der Waals surface area contributed by atoms with E-state index in [0.717, 1.165) is 33.5 Å². The largest absolute Gasteiger partial charge is 0.496 e. The summed E-state index contributed by atoms with van der Waals surface area (Å²) in [5.74, 6) is 0.153. The van der Waals surface area contributed by atoms with Gasteiger partial charge in [-0.05, 0) is 41.5 Å². The molecular weight excluding hydrogens is 352 g/mol. The van der Waals surface area contributed by atoms with Gasteiger partial charge in [0.2, 0.25) is 0 Å². The van der Waals surface area contributed by atoms with Gasteiger partial charge in [0.05, 0.1) is 18.1 Å². The average molecular weight is 370 g/mol. The minimum atomic E-state index is -1.01. The molecule has 138 valence electrons. The fraction of sp³-hybridized carbons (Fsp3) is 0.0435. The van der Waals surface area contributed by atoms with E-state index in [-0.39, 0.29) is 5.56 Å². The van der Waals surface area contributed by atoms with Gasteiger partial charge in [0.25, 0.3) is 0 Å². The second kappa shape index (κ2) is 7.40. The quantitative estimate of drug-likeness (QED) is 0.479. The predicted molar refractivity (Wildman–Crippen MR) is 110 cm³/mol. The lowest BCUT2D eigenvalue weighted by Gasteiger charge is -2.05. The molecule has 5 heteroatoms. The van der Waals surface area contributed by atoms with Crippen LogP contribution in [0.2, 0.25) is 0 Å². The summed E-state index contributed by atoms with van der Waals surface area (Å²) in [7, 11) is 1.46. The maximum atomic E-state index is 11.2. The molecule has 28 heavy (non-hydrogen) atoms. The van der Waals surface area contributed by atoms with Crippen molar-refractivity contribution in [1.29, 1.82) is 0 Å². The monoisotopic (exact) mass is 370 g/mol. The Labute approximate surface area is 161 Å². The van der Waals surface area contributed by atoms with E-state index >= 15 is 0 Å². The number of nitrogens with one attached hydrogen (secondary N) is 1. The number of rotatable bonds is 5. The molecule has 0 spiro atoms. The maximum absolute atomic E-state index is 11.2. The Hall–Kier alpha value is -3.86. The number of fused-ring (bicyclic) bond motifs is 1. The smallest absolute Gasteiger partial charge is 0.339 e. The number of imidazole rings is 1. The molecule has 4 aromatic rings. The number of ether oxygens (including phenoxy) is 1. The molecule has 0 radical (unpaired) electrons. The molecule has 2 N–H and O–H groups in total. The van der Waals surface area contributed by atoms with E-state index in [1.165, 1.54) is 7.11 Å². The number of aromatic carboxylic acids is 1. The van der Waals surface area contributed by atoms with E-state index in [0.29, 0.717) is 5.75 Å². The molecule has 3 aromatic carbocycles. The Balaban J connectivity index is 1.62. The van der Waals surface area contributed by atoms with Crippen LogP contribution in [0.4, 0.5) is 0 Å². The van der Waals surface area contributed by atoms with E-state index in [1.54, 1.807) is 18.2 Å². The van der Waals surface area contributed by atoms with E-state index in [4.69, 9.17) is 4.74 Å². The van der Waals surface area contributed by atoms with Crippen molar-refractivity contribution in [3.63, 3.8) is 0 Å². The first kappa shape index (κ1) is 17.5. The standard InChI is InChI=1S/C23H18N2O3/c1-28-21-14-16(11-12-18(21)23(26)27)10-9-15-5-4-6-17(13-15)22-24-19-7-2-3-8-20(19)25-22/h2-14H,1H3,(H,24,25)(H,26,27)/b10-9+. The molecule has 0 aliphatic rings. The Morgan fingerprint density at radius 2 is 1.79 bits per heavy atom. The molecule has 0 saturated carbocycles. The fourth-order valence-electron chi connectivity index (χ4n) is 3.06. The number of benzene rings is 3. The zero-order chi connectivity index (χ0) is 19.5. The Morgan fingerprint density at radius 3 is 2.54 bits per heavy atom. The minimum Gasteiger partial charge on any atom is -0.496 e. The number of hydrogen-bond donors (Lipinski definition) is 2. The van der Waals surface area contributed by atoms with Crippen LogP contribution >= 0.6 is 0 Å². The fourth-order valence-corrected chi connectivity index (χ4v) is 3.06. The highest BCUT2D eigenvalue weighted by atomic mass is 16.5. The lowest BCUT2D eigenvalue weighted by atomic mass is 10.1. The van der Waals surface area contributed by atoms with Gasteiger partial charge < -0.3 is 14.8 Å². The molecule has 1 heterocycles. The normalized spacial score (nSPS) is 11.2. The second-order valence-corrected chi connectivity index (χ2v) is 6.33. The first-order valence-electron chi connectivity index (χ1n) is 8.78. The van der Waals surface area contributed by atoms with Crippen molar-refractivity contribution < 1.29 is 14.6 Å². The molecule has 4 rings (SSSR count). The van der Waals surface area contributed by atoms with Crippen molar-refractivity contribution >= 4 is 29.2 Å². The van der Waals surface area contributed by atoms with Crippen LogP contribution in [0.3, 0.4) is 0 Å². The van der Waals surface area contributed by atoms with Gasteiger partial charge >= 0.3 is 5.97 Å². The van der Waals surface area contributed by atoms with Crippen LogP contribution < -0.4 is 4.74 Å². The van der Waals surface area contributed by atoms with Crippen LogP contribution in [0, 0.1) is 0 Å². The summed E-state index contributed by atoms with van der Waals surface area (Å²) in [5.41, 5.74) is 4.95. The molecule has 0 fully saturated rings. The van der Waals surface area contributed by atoms with Crippen molar-refractivity contribution in [1.82, 2.24) is 9.97 Å². The number of carboxylic acids is 1. The molecule has 0 bridgehead atoms. The molecule has 0 aliphatic heterocycles. The maximum Gasteiger partial charge on any atom is 0.339 e. The van der Waals surface area contributed by atoms with Gasteiger partial charge in [0.1, 0.15) is 17.1 Å². The molecule has 0 saturated heterocycles. The molecule has 0 unspecified atom stereocenters. The molecule has 0 atom stereocenters. The van der Waals surface area contributed by atoms with Gasteiger partial charge in [0.15, 0.2) is 0 Å². The Bertz CT molecular complexity index is 1160. The number of carbonyl (C=O) groups is 1. The van der Waals surface area contributed by atoms with Crippen LogP contribution in [0.5, 0.6) is 5.75 Å². The molecule has 0 amide bonds. The van der Waals surface area contributed by atoms with Crippen LogP contribution in [-0.2, 0) is 0 Å². The third-order valence-electron chi connectivity index (χ3n) is 4.47. The SMILES string of the molecule is COc1cc(/C=C/c2cccc(-c3nc4ccccc4[nH]3)c2)ccc1C(=O)O. The predicted octanol–water partition coefficient (Wildman–Crippen LogP) is 5.11. The summed E-state index contributed by atoms with van der Waals surface area (Å²) in [5, 5.41) is 9.18. The number of nitrogens with zero attached hydrogens (tertiary/aromatic N) is 1. The molecule has 5 nitrogen and oxygen atoms in total. The number of methoxy groups -OCH3 is 1. The van der Waals surface area contributed by atoms with Crippen LogP contribution in [0.15, 0.2) is 66.7 Å². The van der Waals surface area contributed by atoms with Gasteiger partial charge in [-0.25, -0.2) is 9.78 Å². The van der Waals surface area contributed by atoms with Crippen molar-refractivity contribution in [2.75, 3.05) is 7.11 Å². The summed E-state index contributed by atoms with van der Waals surface area (Å²) >= 11 is 0. The van der Waals surface area contributed by atoms with Gasteiger partial charge in [-0.2, -0.15) is 0 Å². The Kier molecular flexibility index (Phi) is 4.64. The molecular formula is C23H18N2O3. The summed E-state index contributed by atoms with van der Waals surface area (Å²) in [4.78, 5) is 19.2. The van der Waals surface area contributed by atoms with Crippen molar-refractivity contribution in [3.8, 4) is 17.1 Å². The first-order chi connectivity index (χ1) is 13.6. The minimum absolute atomic E-state index is 0.145. The highest BCUT2D eigenvalue weighted by Crippen LogP contribution is 2.24. The zero-order valence-electron chi connectivity index (χ0n) is 15.2. The second-order valence-electron chi connectivity index (χ2n) is 6.33. The number of para-hydroxylation sites is 2. The number of H-pyrrole nitrogens is 1. The number of aromatic amines is 1. The zero-order valence-corrected chi connectivity index (χ0v) is 15.2. The van der Waals surface area contributed by atoms with Crippen LogP contribution in [0.25, 0.3) is 34.6 Å². The summed E-state index contributed by atoms with van der Waals surface area (Å²) in [6.45, 7) is 0. The Morgan fingerprint density at radius 1 is 1.00 bits per heavy atom. The average Bonchev–Trinajstić information content (AvgIpc) is 3.16.